The molecule has 0 saturated heterocycles. The van der Waals surface area contributed by atoms with Gasteiger partial charge in [-0.1, -0.05) is 24.3 Å². The molecule has 1 aliphatic heterocycles. The second-order valence-electron chi connectivity index (χ2n) is 8.15. The molecule has 0 aliphatic carbocycles. The maximum absolute atomic E-state index is 13.4. The molecule has 2 heterocycles. The highest BCUT2D eigenvalue weighted by Gasteiger charge is 2.29. The second kappa shape index (κ2) is 9.58. The third kappa shape index (κ3) is 4.28. The van der Waals surface area contributed by atoms with Crippen molar-refractivity contribution < 1.29 is 24.1 Å². The van der Waals surface area contributed by atoms with Gasteiger partial charge in [-0.2, -0.15) is 0 Å². The van der Waals surface area contributed by atoms with Gasteiger partial charge >= 0.3 is 0 Å². The summed E-state index contributed by atoms with van der Waals surface area (Å²) in [6, 6.07) is 11.9. The van der Waals surface area contributed by atoms with E-state index in [4.69, 9.17) is 14.2 Å². The summed E-state index contributed by atoms with van der Waals surface area (Å²) in [4.78, 5) is 14.9. The highest BCUT2D eigenvalue weighted by molar-refractivity contribution is 5.87. The Morgan fingerprint density at radius 1 is 1.12 bits per heavy atom. The summed E-state index contributed by atoms with van der Waals surface area (Å²) in [6.07, 6.45) is 5.64. The van der Waals surface area contributed by atoms with Crippen molar-refractivity contribution in [2.45, 2.75) is 25.0 Å². The number of nitrogens with zero attached hydrogens (tertiary/aromatic N) is 2. The highest BCUT2D eigenvalue weighted by Crippen LogP contribution is 2.43. The number of hydrogen-bond donors (Lipinski definition) is 1. The maximum Gasteiger partial charge on any atom is 0.225 e. The van der Waals surface area contributed by atoms with E-state index in [0.717, 1.165) is 28.5 Å². The highest BCUT2D eigenvalue weighted by atomic mass is 16.5. The lowest BCUT2D eigenvalue weighted by Crippen LogP contribution is -2.42. The SMILES string of the molecule is COc1cc(C(CC(=O)N2CCC=CC2O)c2cn(C)c3ccccc23)cc(OC)c1OC. The van der Waals surface area contributed by atoms with Crippen LogP contribution in [0.2, 0.25) is 0 Å². The summed E-state index contributed by atoms with van der Waals surface area (Å²) in [5, 5.41) is 11.4. The van der Waals surface area contributed by atoms with Crippen molar-refractivity contribution >= 4 is 16.8 Å². The van der Waals surface area contributed by atoms with Crippen molar-refractivity contribution in [1.29, 1.82) is 0 Å². The zero-order valence-corrected chi connectivity index (χ0v) is 19.4. The number of aliphatic hydroxyl groups is 1. The fraction of sp³-hybridized carbons (Fsp3) is 0.346. The molecule has 1 aromatic heterocycles. The largest absolute Gasteiger partial charge is 0.493 e. The first-order valence-electron chi connectivity index (χ1n) is 11.0. The molecule has 2 unspecified atom stereocenters. The van der Waals surface area contributed by atoms with Crippen LogP contribution in [-0.4, -0.2) is 54.6 Å². The summed E-state index contributed by atoms with van der Waals surface area (Å²) < 4.78 is 18.7. The molecule has 0 radical (unpaired) electrons. The molecule has 174 valence electrons. The number of carbonyl (C=O) groups excluding carboxylic acids is 1. The maximum atomic E-state index is 13.4. The Morgan fingerprint density at radius 3 is 2.45 bits per heavy atom. The number of methoxy groups -OCH3 is 3. The molecule has 2 aromatic carbocycles. The standard InChI is InChI=1S/C26H30N2O5/c1-27-16-20(18-9-5-6-10-21(18)27)19(15-25(30)28-12-8-7-11-24(28)29)17-13-22(31-2)26(33-4)23(14-17)32-3/h5-7,9-11,13-14,16,19,24,29H,8,12,15H2,1-4H3. The minimum absolute atomic E-state index is 0.112. The van der Waals surface area contributed by atoms with Gasteiger partial charge < -0.3 is 28.8 Å². The Balaban J connectivity index is 1.85. The van der Waals surface area contributed by atoms with Crippen molar-refractivity contribution in [2.24, 2.45) is 7.05 Å². The predicted octanol–water partition coefficient (Wildman–Crippen LogP) is 3.83. The Bertz CT molecular complexity index is 1160. The average molecular weight is 451 g/mol. The lowest BCUT2D eigenvalue weighted by Gasteiger charge is -2.30. The third-order valence-corrected chi connectivity index (χ3v) is 6.26. The first-order valence-corrected chi connectivity index (χ1v) is 11.0. The number of amides is 1. The molecule has 0 saturated carbocycles. The van der Waals surface area contributed by atoms with E-state index >= 15 is 0 Å². The van der Waals surface area contributed by atoms with Crippen LogP contribution in [0.15, 0.2) is 54.7 Å². The topological polar surface area (TPSA) is 73.2 Å². The van der Waals surface area contributed by atoms with E-state index in [-0.39, 0.29) is 18.2 Å². The number of aryl methyl sites for hydroxylation is 1. The molecule has 7 heteroatoms. The fourth-order valence-electron chi connectivity index (χ4n) is 4.59. The smallest absolute Gasteiger partial charge is 0.225 e. The van der Waals surface area contributed by atoms with E-state index in [1.807, 2.05) is 37.4 Å². The molecule has 2 atom stereocenters. The Kier molecular flexibility index (Phi) is 6.60. The molecule has 0 spiro atoms. The second-order valence-corrected chi connectivity index (χ2v) is 8.15. The molecule has 1 aliphatic rings. The van der Waals surface area contributed by atoms with Gasteiger partial charge in [0, 0.05) is 43.0 Å². The van der Waals surface area contributed by atoms with Gasteiger partial charge in [-0.25, -0.2) is 0 Å². The normalized spacial score (nSPS) is 16.6. The van der Waals surface area contributed by atoms with Crippen molar-refractivity contribution in [2.75, 3.05) is 27.9 Å². The zero-order chi connectivity index (χ0) is 23.5. The summed E-state index contributed by atoms with van der Waals surface area (Å²) in [5.74, 6) is 1.17. The minimum atomic E-state index is -0.903. The van der Waals surface area contributed by atoms with E-state index < -0.39 is 6.23 Å². The number of ether oxygens (including phenoxy) is 3. The number of fused-ring (bicyclic) bond motifs is 1. The quantitative estimate of drug-likeness (QED) is 0.554. The Labute approximate surface area is 193 Å². The van der Waals surface area contributed by atoms with Crippen LogP contribution in [0.4, 0.5) is 0 Å². The summed E-state index contributed by atoms with van der Waals surface area (Å²) in [5.41, 5.74) is 2.98. The first-order chi connectivity index (χ1) is 16.0. The van der Waals surface area contributed by atoms with Crippen molar-refractivity contribution in [1.82, 2.24) is 9.47 Å². The van der Waals surface area contributed by atoms with E-state index in [0.29, 0.717) is 23.8 Å². The number of benzene rings is 2. The van der Waals surface area contributed by atoms with E-state index in [9.17, 15) is 9.90 Å². The third-order valence-electron chi connectivity index (χ3n) is 6.26. The van der Waals surface area contributed by atoms with Crippen LogP contribution in [0, 0.1) is 0 Å². The number of aromatic nitrogens is 1. The van der Waals surface area contributed by atoms with Crippen LogP contribution in [0.25, 0.3) is 10.9 Å². The van der Waals surface area contributed by atoms with Gasteiger partial charge in [0.25, 0.3) is 0 Å². The summed E-state index contributed by atoms with van der Waals surface area (Å²) in [7, 11) is 6.72. The van der Waals surface area contributed by atoms with Gasteiger partial charge in [0.1, 0.15) is 6.23 Å². The van der Waals surface area contributed by atoms with Crippen LogP contribution in [0.5, 0.6) is 17.2 Å². The molecular formula is C26H30N2O5. The lowest BCUT2D eigenvalue weighted by molar-refractivity contribution is -0.139. The number of rotatable bonds is 7. The van der Waals surface area contributed by atoms with Crippen molar-refractivity contribution in [3.8, 4) is 17.2 Å². The van der Waals surface area contributed by atoms with Crippen molar-refractivity contribution in [3.05, 3.63) is 65.9 Å². The summed E-state index contributed by atoms with van der Waals surface area (Å²) in [6.45, 7) is 0.494. The van der Waals surface area contributed by atoms with E-state index in [1.54, 1.807) is 27.4 Å². The van der Waals surface area contributed by atoms with Gasteiger partial charge in [0.15, 0.2) is 11.5 Å². The number of aliphatic hydroxyl groups excluding tert-OH is 1. The van der Waals surface area contributed by atoms with Gasteiger partial charge in [-0.3, -0.25) is 4.79 Å². The molecule has 0 bridgehead atoms. The molecule has 7 nitrogen and oxygen atoms in total. The number of carbonyl (C=O) groups is 1. The fourth-order valence-corrected chi connectivity index (χ4v) is 4.59. The molecule has 1 amide bonds. The van der Waals surface area contributed by atoms with Crippen LogP contribution < -0.4 is 14.2 Å². The predicted molar refractivity (Wildman–Crippen MR) is 127 cm³/mol. The summed E-state index contributed by atoms with van der Waals surface area (Å²) >= 11 is 0. The Morgan fingerprint density at radius 2 is 1.82 bits per heavy atom. The van der Waals surface area contributed by atoms with Gasteiger partial charge in [0.05, 0.1) is 21.3 Å². The molecule has 0 fully saturated rings. The van der Waals surface area contributed by atoms with Crippen LogP contribution >= 0.6 is 0 Å². The van der Waals surface area contributed by atoms with Crippen LogP contribution in [0.3, 0.4) is 0 Å². The first kappa shape index (κ1) is 22.7. The average Bonchev–Trinajstić information content (AvgIpc) is 3.18. The number of hydrogen-bond acceptors (Lipinski definition) is 5. The van der Waals surface area contributed by atoms with Crippen LogP contribution in [-0.2, 0) is 11.8 Å². The molecule has 4 rings (SSSR count). The zero-order valence-electron chi connectivity index (χ0n) is 19.4. The van der Waals surface area contributed by atoms with Crippen LogP contribution in [0.1, 0.15) is 29.9 Å². The van der Waals surface area contributed by atoms with Gasteiger partial charge in [-0.15, -0.1) is 0 Å². The Hall–Kier alpha value is -3.45. The van der Waals surface area contributed by atoms with Crippen molar-refractivity contribution in [3.63, 3.8) is 0 Å². The van der Waals surface area contributed by atoms with Gasteiger partial charge in [-0.05, 0) is 41.8 Å². The monoisotopic (exact) mass is 450 g/mol. The van der Waals surface area contributed by atoms with E-state index in [2.05, 4.69) is 22.9 Å². The molecular weight excluding hydrogens is 420 g/mol. The molecule has 33 heavy (non-hydrogen) atoms. The lowest BCUT2D eigenvalue weighted by atomic mass is 9.87. The number of para-hydroxylation sites is 1. The minimum Gasteiger partial charge on any atom is -0.493 e. The molecule has 1 N–H and O–H groups in total. The van der Waals surface area contributed by atoms with E-state index in [1.165, 1.54) is 4.90 Å². The molecule has 3 aromatic rings. The van der Waals surface area contributed by atoms with Gasteiger partial charge in [0.2, 0.25) is 11.7 Å².